The van der Waals surface area contributed by atoms with Crippen LogP contribution in [0.2, 0.25) is 0 Å². The second kappa shape index (κ2) is 9.12. The molecule has 0 saturated heterocycles. The van der Waals surface area contributed by atoms with E-state index in [1.54, 1.807) is 0 Å². The summed E-state index contributed by atoms with van der Waals surface area (Å²) in [7, 11) is 0. The molecule has 0 spiro atoms. The zero-order chi connectivity index (χ0) is 16.5. The van der Waals surface area contributed by atoms with Crippen molar-refractivity contribution >= 4 is 11.8 Å². The Bertz CT molecular complexity index is 501. The molecule has 22 heavy (non-hydrogen) atoms. The van der Waals surface area contributed by atoms with Gasteiger partial charge in [-0.05, 0) is 18.6 Å². The maximum absolute atomic E-state index is 13.5. The van der Waals surface area contributed by atoms with Crippen molar-refractivity contribution in [3.05, 3.63) is 35.4 Å². The topological polar surface area (TPSA) is 72.2 Å². The molecule has 0 bridgehead atoms. The molecule has 6 heteroatoms. The number of nitrogens with one attached hydrogen (secondary N) is 1. The van der Waals surface area contributed by atoms with Gasteiger partial charge in [-0.1, -0.05) is 38.7 Å². The first-order valence-corrected chi connectivity index (χ1v) is 7.47. The van der Waals surface area contributed by atoms with E-state index < -0.39 is 35.9 Å². The van der Waals surface area contributed by atoms with Gasteiger partial charge in [0.1, 0.15) is 17.7 Å². The summed E-state index contributed by atoms with van der Waals surface area (Å²) >= 11 is 0. The third-order valence-corrected chi connectivity index (χ3v) is 3.42. The van der Waals surface area contributed by atoms with Crippen molar-refractivity contribution in [2.75, 3.05) is 0 Å². The van der Waals surface area contributed by atoms with Gasteiger partial charge in [-0.2, -0.15) is 0 Å². The molecule has 0 unspecified atom stereocenters. The van der Waals surface area contributed by atoms with Gasteiger partial charge in [-0.15, -0.1) is 0 Å². The van der Waals surface area contributed by atoms with Crippen LogP contribution in [0, 0.1) is 11.6 Å². The molecule has 0 fully saturated rings. The van der Waals surface area contributed by atoms with E-state index in [1.807, 2.05) is 0 Å². The van der Waals surface area contributed by atoms with Gasteiger partial charge in [-0.25, -0.2) is 8.78 Å². The van der Waals surface area contributed by atoms with Crippen molar-refractivity contribution in [3.8, 4) is 0 Å². The molecule has 0 aromatic heterocycles. The minimum absolute atomic E-state index is 0.311. The number of benzene rings is 1. The van der Waals surface area contributed by atoms with Crippen LogP contribution in [0.1, 0.15) is 44.6 Å². The quantitative estimate of drug-likeness (QED) is 0.687. The van der Waals surface area contributed by atoms with Crippen LogP contribution in [0.25, 0.3) is 0 Å². The summed E-state index contributed by atoms with van der Waals surface area (Å²) in [4.78, 5) is 23.2. The Kier molecular flexibility index (Phi) is 7.49. The minimum atomic E-state index is -0.806. The molecule has 4 nitrogen and oxygen atoms in total. The Morgan fingerprint density at radius 2 is 1.82 bits per heavy atom. The molecule has 122 valence electrons. The van der Waals surface area contributed by atoms with Gasteiger partial charge in [0.15, 0.2) is 0 Å². The molecule has 0 aliphatic carbocycles. The van der Waals surface area contributed by atoms with Gasteiger partial charge in [0.25, 0.3) is 0 Å². The molecule has 3 N–H and O–H groups in total. The molecular weight excluding hydrogens is 290 g/mol. The van der Waals surface area contributed by atoms with Gasteiger partial charge in [0.05, 0.1) is 6.42 Å². The molecule has 0 aliphatic rings. The highest BCUT2D eigenvalue weighted by Gasteiger charge is 2.19. The molecule has 1 atom stereocenters. The molecular formula is C16H22F2N2O2. The molecule has 1 aromatic rings. The largest absolute Gasteiger partial charge is 0.368 e. The third-order valence-electron chi connectivity index (χ3n) is 3.42. The van der Waals surface area contributed by atoms with E-state index in [9.17, 15) is 18.4 Å². The second-order valence-electron chi connectivity index (χ2n) is 5.25. The first-order valence-electron chi connectivity index (χ1n) is 7.47. The van der Waals surface area contributed by atoms with Crippen LogP contribution in [-0.2, 0) is 16.0 Å². The predicted octanol–water partition coefficient (Wildman–Crippen LogP) is 2.45. The van der Waals surface area contributed by atoms with Crippen molar-refractivity contribution in [1.29, 1.82) is 0 Å². The standard InChI is InChI=1S/C16H22F2N2O2/c1-2-3-4-5-9-14(16(19)22)20-15(21)10-11-12(17)7-6-8-13(11)18/h6-8,14H,2-5,9-10H2,1H3,(H2,19,22)(H,20,21)/t14-/m1/s1. The lowest BCUT2D eigenvalue weighted by Gasteiger charge is -2.15. The van der Waals surface area contributed by atoms with Gasteiger partial charge in [0, 0.05) is 5.56 Å². The number of amides is 2. The highest BCUT2D eigenvalue weighted by atomic mass is 19.1. The summed E-state index contributed by atoms with van der Waals surface area (Å²) in [5, 5.41) is 2.45. The molecule has 1 rings (SSSR count). The van der Waals surface area contributed by atoms with E-state index in [-0.39, 0.29) is 5.56 Å². The number of rotatable bonds is 9. The monoisotopic (exact) mass is 312 g/mol. The van der Waals surface area contributed by atoms with Crippen molar-refractivity contribution < 1.29 is 18.4 Å². The van der Waals surface area contributed by atoms with Crippen LogP contribution in [0.3, 0.4) is 0 Å². The summed E-state index contributed by atoms with van der Waals surface area (Å²) in [6.07, 6.45) is 3.77. The number of carbonyl (C=O) groups excluding carboxylic acids is 2. The van der Waals surface area contributed by atoms with Crippen molar-refractivity contribution in [3.63, 3.8) is 0 Å². The lowest BCUT2D eigenvalue weighted by Crippen LogP contribution is -2.45. The smallest absolute Gasteiger partial charge is 0.239 e. The molecule has 2 amide bonds. The Morgan fingerprint density at radius 3 is 2.36 bits per heavy atom. The summed E-state index contributed by atoms with van der Waals surface area (Å²) in [5.41, 5.74) is 4.94. The zero-order valence-corrected chi connectivity index (χ0v) is 12.7. The number of carbonyl (C=O) groups is 2. The van der Waals surface area contributed by atoms with Crippen LogP contribution < -0.4 is 11.1 Å². The SMILES string of the molecule is CCCCCC[C@@H](NC(=O)Cc1c(F)cccc1F)C(N)=O. The van der Waals surface area contributed by atoms with Gasteiger partial charge >= 0.3 is 0 Å². The average molecular weight is 312 g/mol. The minimum Gasteiger partial charge on any atom is -0.368 e. The normalized spacial score (nSPS) is 12.0. The first-order chi connectivity index (χ1) is 10.5. The summed E-state index contributed by atoms with van der Waals surface area (Å²) in [5.74, 6) is -2.83. The third kappa shape index (κ3) is 5.79. The van der Waals surface area contributed by atoms with E-state index in [2.05, 4.69) is 12.2 Å². The number of nitrogens with two attached hydrogens (primary N) is 1. The highest BCUT2D eigenvalue weighted by Crippen LogP contribution is 2.13. The maximum Gasteiger partial charge on any atom is 0.239 e. The van der Waals surface area contributed by atoms with Gasteiger partial charge in [0.2, 0.25) is 11.8 Å². The Hall–Kier alpha value is -1.98. The van der Waals surface area contributed by atoms with Crippen LogP contribution in [-0.4, -0.2) is 17.9 Å². The lowest BCUT2D eigenvalue weighted by atomic mass is 10.1. The lowest BCUT2D eigenvalue weighted by molar-refractivity contribution is -0.127. The fourth-order valence-electron chi connectivity index (χ4n) is 2.17. The van der Waals surface area contributed by atoms with Crippen molar-refractivity contribution in [1.82, 2.24) is 5.32 Å². The summed E-state index contributed by atoms with van der Waals surface area (Å²) in [6.45, 7) is 2.07. The van der Waals surface area contributed by atoms with Crippen LogP contribution >= 0.6 is 0 Å². The van der Waals surface area contributed by atoms with Gasteiger partial charge < -0.3 is 11.1 Å². The van der Waals surface area contributed by atoms with E-state index >= 15 is 0 Å². The number of hydrogen-bond acceptors (Lipinski definition) is 2. The van der Waals surface area contributed by atoms with Gasteiger partial charge in [-0.3, -0.25) is 9.59 Å². The predicted molar refractivity (Wildman–Crippen MR) is 79.9 cm³/mol. The summed E-state index contributed by atoms with van der Waals surface area (Å²) in [6, 6.07) is 2.59. The number of primary amides is 1. The van der Waals surface area contributed by atoms with E-state index in [1.165, 1.54) is 6.07 Å². The number of halogens is 2. The Labute approximate surface area is 129 Å². The number of hydrogen-bond donors (Lipinski definition) is 2. The van der Waals surface area contributed by atoms with Crippen LogP contribution in [0.5, 0.6) is 0 Å². The second-order valence-corrected chi connectivity index (χ2v) is 5.25. The summed E-state index contributed by atoms with van der Waals surface area (Å²) < 4.78 is 27.0. The Balaban J connectivity index is 2.58. The van der Waals surface area contributed by atoms with E-state index in [0.29, 0.717) is 6.42 Å². The van der Waals surface area contributed by atoms with Crippen LogP contribution in [0.4, 0.5) is 8.78 Å². The number of unbranched alkanes of at least 4 members (excludes halogenated alkanes) is 3. The van der Waals surface area contributed by atoms with E-state index in [4.69, 9.17) is 5.73 Å². The van der Waals surface area contributed by atoms with Crippen molar-refractivity contribution in [2.45, 2.75) is 51.5 Å². The average Bonchev–Trinajstić information content (AvgIpc) is 2.46. The fraction of sp³-hybridized carbons (Fsp3) is 0.500. The molecule has 0 radical (unpaired) electrons. The molecule has 0 saturated carbocycles. The van der Waals surface area contributed by atoms with E-state index in [0.717, 1.165) is 37.8 Å². The fourth-order valence-corrected chi connectivity index (χ4v) is 2.17. The van der Waals surface area contributed by atoms with Crippen molar-refractivity contribution in [2.24, 2.45) is 5.73 Å². The molecule has 0 aliphatic heterocycles. The van der Waals surface area contributed by atoms with Crippen LogP contribution in [0.15, 0.2) is 18.2 Å². The first kappa shape index (κ1) is 18.1. The Morgan fingerprint density at radius 1 is 1.18 bits per heavy atom. The zero-order valence-electron chi connectivity index (χ0n) is 12.7. The molecule has 0 heterocycles. The molecule has 1 aromatic carbocycles. The highest BCUT2D eigenvalue weighted by molar-refractivity contribution is 5.87. The maximum atomic E-state index is 13.5.